The number of para-hydroxylation sites is 1. The first-order valence-corrected chi connectivity index (χ1v) is 10.5. The van der Waals surface area contributed by atoms with Crippen LogP contribution in [-0.4, -0.2) is 35.5 Å². The Morgan fingerprint density at radius 1 is 1.15 bits per heavy atom. The van der Waals surface area contributed by atoms with Gasteiger partial charge in [0.2, 0.25) is 5.91 Å². The molecule has 5 heteroatoms. The van der Waals surface area contributed by atoms with Crippen LogP contribution in [0.15, 0.2) is 24.3 Å². The standard InChI is InChI=1S/C22H29N3O2/c1-21-10-9-15(13-17(21)20(27)25-11-5-2-6-12-25)22(14-21)23-18-8-4-3-7-16(18)19(26)24-22/h3-4,7-8,15,17,23H,2,5-6,9-14H2,1H3,(H,24,26)/t15-,17+,21-,22-/m0/s1. The Labute approximate surface area is 160 Å². The zero-order chi connectivity index (χ0) is 18.6. The fourth-order valence-electron chi connectivity index (χ4n) is 6.16. The molecule has 4 fully saturated rings. The van der Waals surface area contributed by atoms with E-state index in [1.807, 2.05) is 24.3 Å². The Kier molecular flexibility index (Phi) is 3.78. The summed E-state index contributed by atoms with van der Waals surface area (Å²) in [5.74, 6) is 0.768. The van der Waals surface area contributed by atoms with Crippen LogP contribution in [-0.2, 0) is 4.79 Å². The highest BCUT2D eigenvalue weighted by Gasteiger charge is 2.60. The molecule has 5 aliphatic rings. The van der Waals surface area contributed by atoms with Gasteiger partial charge in [0.05, 0.1) is 5.56 Å². The van der Waals surface area contributed by atoms with Gasteiger partial charge in [0.1, 0.15) is 5.66 Å². The molecule has 2 amide bonds. The fraction of sp³-hybridized carbons (Fsp3) is 0.636. The van der Waals surface area contributed by atoms with Crippen molar-refractivity contribution in [1.29, 1.82) is 0 Å². The molecule has 0 unspecified atom stereocenters. The number of nitrogens with zero attached hydrogens (tertiary/aromatic N) is 1. The third kappa shape index (κ3) is 2.58. The van der Waals surface area contributed by atoms with Gasteiger partial charge in [0, 0.05) is 30.6 Å². The van der Waals surface area contributed by atoms with Crippen molar-refractivity contribution in [3.63, 3.8) is 0 Å². The lowest BCUT2D eigenvalue weighted by atomic mass is 9.51. The van der Waals surface area contributed by atoms with Crippen LogP contribution in [0.5, 0.6) is 0 Å². The minimum Gasteiger partial charge on any atom is -0.362 e. The lowest BCUT2D eigenvalue weighted by molar-refractivity contribution is -0.151. The van der Waals surface area contributed by atoms with Crippen molar-refractivity contribution in [1.82, 2.24) is 10.2 Å². The van der Waals surface area contributed by atoms with Crippen LogP contribution in [0.1, 0.15) is 62.2 Å². The normalized spacial score (nSPS) is 37.5. The monoisotopic (exact) mass is 367 g/mol. The van der Waals surface area contributed by atoms with Crippen LogP contribution >= 0.6 is 0 Å². The number of piperidine rings is 1. The number of rotatable bonds is 1. The molecule has 3 aliphatic carbocycles. The van der Waals surface area contributed by atoms with Gasteiger partial charge in [0.15, 0.2) is 0 Å². The highest BCUT2D eigenvalue weighted by molar-refractivity contribution is 6.02. The average molecular weight is 367 g/mol. The zero-order valence-corrected chi connectivity index (χ0v) is 16.1. The summed E-state index contributed by atoms with van der Waals surface area (Å²) in [5, 5.41) is 6.99. The largest absolute Gasteiger partial charge is 0.362 e. The van der Waals surface area contributed by atoms with Crippen LogP contribution in [0.2, 0.25) is 0 Å². The topological polar surface area (TPSA) is 61.4 Å². The van der Waals surface area contributed by atoms with Gasteiger partial charge in [-0.25, -0.2) is 0 Å². The second-order valence-electron chi connectivity index (χ2n) is 9.34. The molecule has 1 aromatic rings. The smallest absolute Gasteiger partial charge is 0.255 e. The number of carbonyl (C=O) groups excluding carboxylic acids is 2. The molecular formula is C22H29N3O2. The maximum Gasteiger partial charge on any atom is 0.255 e. The molecule has 1 saturated heterocycles. The van der Waals surface area contributed by atoms with Gasteiger partial charge in [-0.2, -0.15) is 0 Å². The Morgan fingerprint density at radius 3 is 2.70 bits per heavy atom. The summed E-state index contributed by atoms with van der Waals surface area (Å²) in [5.41, 5.74) is 1.18. The molecule has 2 bridgehead atoms. The predicted octanol–water partition coefficient (Wildman–Crippen LogP) is 3.38. The van der Waals surface area contributed by atoms with Crippen molar-refractivity contribution in [3.05, 3.63) is 29.8 Å². The van der Waals surface area contributed by atoms with E-state index in [1.165, 1.54) is 6.42 Å². The number of hydrogen-bond donors (Lipinski definition) is 2. The van der Waals surface area contributed by atoms with Gasteiger partial charge in [-0.15, -0.1) is 0 Å². The molecule has 6 rings (SSSR count). The summed E-state index contributed by atoms with van der Waals surface area (Å²) in [4.78, 5) is 28.2. The number of likely N-dealkylation sites (tertiary alicyclic amines) is 1. The molecule has 27 heavy (non-hydrogen) atoms. The second kappa shape index (κ2) is 5.98. The Balaban J connectivity index is 1.43. The van der Waals surface area contributed by atoms with E-state index < -0.39 is 5.66 Å². The van der Waals surface area contributed by atoms with Crippen LogP contribution in [0.25, 0.3) is 0 Å². The highest BCUT2D eigenvalue weighted by Crippen LogP contribution is 2.58. The van der Waals surface area contributed by atoms with E-state index >= 15 is 0 Å². The van der Waals surface area contributed by atoms with Crippen LogP contribution in [0.3, 0.4) is 0 Å². The van der Waals surface area contributed by atoms with Crippen molar-refractivity contribution in [3.8, 4) is 0 Å². The highest BCUT2D eigenvalue weighted by atomic mass is 16.2. The first-order valence-electron chi connectivity index (χ1n) is 10.5. The van der Waals surface area contributed by atoms with E-state index in [-0.39, 0.29) is 17.2 Å². The van der Waals surface area contributed by atoms with Crippen LogP contribution in [0.4, 0.5) is 5.69 Å². The summed E-state index contributed by atoms with van der Waals surface area (Å²) in [6.07, 6.45) is 7.36. The number of hydrogen-bond acceptors (Lipinski definition) is 3. The van der Waals surface area contributed by atoms with Gasteiger partial charge in [0.25, 0.3) is 5.91 Å². The SMILES string of the molecule is C[C@@]12CC[C@@H](C[C@@H]1C(=O)N1CCCCC1)[C@]1(C2)NC(=O)c2ccccc2N1. The molecule has 2 aliphatic heterocycles. The molecule has 1 spiro atoms. The maximum atomic E-state index is 13.3. The minimum atomic E-state index is -0.406. The van der Waals surface area contributed by atoms with Gasteiger partial charge < -0.3 is 15.5 Å². The molecule has 0 aromatic heterocycles. The first kappa shape index (κ1) is 17.1. The average Bonchev–Trinajstić information content (AvgIpc) is 2.68. The maximum absolute atomic E-state index is 13.3. The number of nitrogens with one attached hydrogen (secondary N) is 2. The summed E-state index contributed by atoms with van der Waals surface area (Å²) in [7, 11) is 0. The Morgan fingerprint density at radius 2 is 1.93 bits per heavy atom. The van der Waals surface area contributed by atoms with E-state index in [4.69, 9.17) is 0 Å². The van der Waals surface area contributed by atoms with Gasteiger partial charge in [-0.05, 0) is 62.5 Å². The number of benzene rings is 1. The molecule has 0 radical (unpaired) electrons. The van der Waals surface area contributed by atoms with E-state index in [1.54, 1.807) is 0 Å². The van der Waals surface area contributed by atoms with Crippen molar-refractivity contribution >= 4 is 17.5 Å². The summed E-state index contributed by atoms with van der Waals surface area (Å²) in [6.45, 7) is 4.11. The fourth-order valence-corrected chi connectivity index (χ4v) is 6.16. The predicted molar refractivity (Wildman–Crippen MR) is 104 cm³/mol. The molecular weight excluding hydrogens is 338 g/mol. The number of fused-ring (bicyclic) bond motifs is 3. The number of anilines is 1. The minimum absolute atomic E-state index is 0.0133. The van der Waals surface area contributed by atoms with E-state index in [0.29, 0.717) is 11.8 Å². The molecule has 5 nitrogen and oxygen atoms in total. The second-order valence-corrected chi connectivity index (χ2v) is 9.34. The lowest BCUT2D eigenvalue weighted by Gasteiger charge is -2.61. The van der Waals surface area contributed by atoms with Crippen molar-refractivity contribution in [2.75, 3.05) is 18.4 Å². The van der Waals surface area contributed by atoms with Gasteiger partial charge in [-0.1, -0.05) is 19.1 Å². The van der Waals surface area contributed by atoms with Crippen molar-refractivity contribution in [2.45, 2.75) is 57.5 Å². The number of carbonyl (C=O) groups is 2. The van der Waals surface area contributed by atoms with E-state index in [9.17, 15) is 9.59 Å². The van der Waals surface area contributed by atoms with Crippen molar-refractivity contribution in [2.24, 2.45) is 17.3 Å². The van der Waals surface area contributed by atoms with Gasteiger partial charge in [-0.3, -0.25) is 9.59 Å². The third-order valence-electron chi connectivity index (χ3n) is 7.64. The first-order chi connectivity index (χ1) is 13.0. The summed E-state index contributed by atoms with van der Waals surface area (Å²) in [6, 6.07) is 7.75. The Bertz CT molecular complexity index is 788. The quantitative estimate of drug-likeness (QED) is 0.800. The summed E-state index contributed by atoms with van der Waals surface area (Å²) >= 11 is 0. The van der Waals surface area contributed by atoms with Crippen molar-refractivity contribution < 1.29 is 9.59 Å². The Hall–Kier alpha value is -2.04. The molecule has 1 aromatic carbocycles. The molecule has 3 saturated carbocycles. The zero-order valence-electron chi connectivity index (χ0n) is 16.1. The molecule has 2 heterocycles. The van der Waals surface area contributed by atoms with E-state index in [0.717, 1.165) is 62.9 Å². The summed E-state index contributed by atoms with van der Waals surface area (Å²) < 4.78 is 0. The van der Waals surface area contributed by atoms with E-state index in [2.05, 4.69) is 22.5 Å². The molecule has 144 valence electrons. The van der Waals surface area contributed by atoms with Crippen LogP contribution in [0, 0.1) is 17.3 Å². The van der Waals surface area contributed by atoms with Crippen LogP contribution < -0.4 is 10.6 Å². The molecule has 4 atom stereocenters. The molecule has 2 N–H and O–H groups in total. The lowest BCUT2D eigenvalue weighted by Crippen LogP contribution is -2.70. The number of amides is 2. The van der Waals surface area contributed by atoms with Gasteiger partial charge >= 0.3 is 0 Å². The third-order valence-corrected chi connectivity index (χ3v) is 7.64.